The van der Waals surface area contributed by atoms with Gasteiger partial charge in [-0.05, 0) is 34.7 Å². The molecular weight excluding hydrogens is 269 g/mol. The third-order valence-corrected chi connectivity index (χ3v) is 2.12. The van der Waals surface area contributed by atoms with Crippen LogP contribution in [0.5, 0.6) is 0 Å². The van der Waals surface area contributed by atoms with Crippen molar-refractivity contribution in [2.45, 2.75) is 0 Å². The molecule has 1 aromatic rings. The van der Waals surface area contributed by atoms with Gasteiger partial charge in [0.2, 0.25) is 5.96 Å². The Bertz CT molecular complexity index is 300. The van der Waals surface area contributed by atoms with E-state index in [0.717, 1.165) is 9.26 Å². The number of guanidine groups is 1. The number of nitrogens with one attached hydrogen (secondary N) is 1. The Morgan fingerprint density at radius 1 is 1.50 bits per heavy atom. The van der Waals surface area contributed by atoms with Gasteiger partial charge < -0.3 is 5.73 Å². The van der Waals surface area contributed by atoms with E-state index >= 15 is 0 Å². The van der Waals surface area contributed by atoms with Gasteiger partial charge in [0.15, 0.2) is 0 Å². The summed E-state index contributed by atoms with van der Waals surface area (Å²) in [6.45, 7) is 0. The van der Waals surface area contributed by atoms with Crippen LogP contribution in [0.15, 0.2) is 29.3 Å². The highest BCUT2D eigenvalue weighted by atomic mass is 127. The van der Waals surface area contributed by atoms with Crippen molar-refractivity contribution in [1.29, 1.82) is 0 Å². The fourth-order valence-electron chi connectivity index (χ4n) is 0.697. The first-order valence-corrected chi connectivity index (χ1v) is 4.30. The summed E-state index contributed by atoms with van der Waals surface area (Å²) in [6, 6.07) is 7.48. The molecule has 0 aliphatic heterocycles. The zero-order chi connectivity index (χ0) is 8.97. The maximum Gasteiger partial charge on any atom is 0.218 e. The molecule has 0 heterocycles. The smallest absolute Gasteiger partial charge is 0.218 e. The number of hydroxylamine groups is 1. The minimum absolute atomic E-state index is 0.0147. The summed E-state index contributed by atoms with van der Waals surface area (Å²) in [6.07, 6.45) is 0. The molecule has 0 aliphatic carbocycles. The highest BCUT2D eigenvalue weighted by Gasteiger charge is 1.95. The summed E-state index contributed by atoms with van der Waals surface area (Å²) in [4.78, 5) is 3.90. The molecule has 0 amide bonds. The molecule has 12 heavy (non-hydrogen) atoms. The molecule has 0 aliphatic rings. The molecule has 0 bridgehead atoms. The normalized spacial score (nSPS) is 11.3. The van der Waals surface area contributed by atoms with E-state index in [1.54, 1.807) is 5.48 Å². The van der Waals surface area contributed by atoms with E-state index in [1.165, 1.54) is 0 Å². The van der Waals surface area contributed by atoms with Crippen molar-refractivity contribution in [3.05, 3.63) is 27.8 Å². The van der Waals surface area contributed by atoms with Crippen LogP contribution in [0.2, 0.25) is 0 Å². The lowest BCUT2D eigenvalue weighted by Crippen LogP contribution is -2.27. The van der Waals surface area contributed by atoms with Gasteiger partial charge in [-0.1, -0.05) is 12.1 Å². The zero-order valence-electron chi connectivity index (χ0n) is 6.16. The molecule has 0 saturated carbocycles. The molecular formula is C7H8IN3O. The molecule has 5 heteroatoms. The van der Waals surface area contributed by atoms with Gasteiger partial charge in [0.25, 0.3) is 0 Å². The number of para-hydroxylation sites is 1. The number of rotatable bonds is 1. The molecule has 0 radical (unpaired) electrons. The molecule has 4 N–H and O–H groups in total. The highest BCUT2D eigenvalue weighted by molar-refractivity contribution is 14.1. The SMILES string of the molecule is NC(=Nc1ccccc1I)NO. The number of benzene rings is 1. The van der Waals surface area contributed by atoms with E-state index in [-0.39, 0.29) is 5.96 Å². The predicted octanol–water partition coefficient (Wildman–Crippen LogP) is 1.22. The standard InChI is InChI=1S/C7H8IN3O/c8-5-3-1-2-4-6(5)10-7(9)11-12/h1-4,12H,(H3,9,10,11). The van der Waals surface area contributed by atoms with Crippen molar-refractivity contribution >= 4 is 34.2 Å². The maximum absolute atomic E-state index is 8.38. The molecule has 0 fully saturated rings. The second-order valence-corrected chi connectivity index (χ2v) is 3.22. The van der Waals surface area contributed by atoms with Gasteiger partial charge in [-0.25, -0.2) is 10.5 Å². The van der Waals surface area contributed by atoms with E-state index in [9.17, 15) is 0 Å². The maximum atomic E-state index is 8.38. The van der Waals surface area contributed by atoms with Crippen LogP contribution in [0.3, 0.4) is 0 Å². The Labute approximate surface area is 83.6 Å². The molecule has 0 spiro atoms. The van der Waals surface area contributed by atoms with Crippen LogP contribution in [0.1, 0.15) is 0 Å². The second kappa shape index (κ2) is 4.27. The van der Waals surface area contributed by atoms with Crippen molar-refractivity contribution in [1.82, 2.24) is 5.48 Å². The summed E-state index contributed by atoms with van der Waals surface area (Å²) in [5.41, 5.74) is 7.76. The molecule has 0 aromatic heterocycles. The van der Waals surface area contributed by atoms with E-state index in [4.69, 9.17) is 10.9 Å². The Hall–Kier alpha value is -0.820. The predicted molar refractivity (Wildman–Crippen MR) is 55.4 cm³/mol. The summed E-state index contributed by atoms with van der Waals surface area (Å²) < 4.78 is 0.980. The third kappa shape index (κ3) is 2.35. The van der Waals surface area contributed by atoms with Crippen LogP contribution in [0.4, 0.5) is 5.69 Å². The minimum Gasteiger partial charge on any atom is -0.368 e. The number of hydrogen-bond acceptors (Lipinski definition) is 2. The zero-order valence-corrected chi connectivity index (χ0v) is 8.32. The van der Waals surface area contributed by atoms with Gasteiger partial charge in [0, 0.05) is 3.57 Å². The Kier molecular flexibility index (Phi) is 3.30. The topological polar surface area (TPSA) is 70.6 Å². The fourth-order valence-corrected chi connectivity index (χ4v) is 1.21. The highest BCUT2D eigenvalue weighted by Crippen LogP contribution is 2.19. The van der Waals surface area contributed by atoms with Crippen LogP contribution in [-0.2, 0) is 0 Å². The lowest BCUT2D eigenvalue weighted by atomic mass is 10.3. The van der Waals surface area contributed by atoms with Crippen molar-refractivity contribution in [3.63, 3.8) is 0 Å². The summed E-state index contributed by atoms with van der Waals surface area (Å²) >= 11 is 2.14. The Balaban J connectivity index is 2.96. The molecule has 0 unspecified atom stereocenters. The number of aliphatic imine (C=N–C) groups is 1. The number of nitrogens with zero attached hydrogens (tertiary/aromatic N) is 1. The van der Waals surface area contributed by atoms with Gasteiger partial charge in [-0.2, -0.15) is 0 Å². The first-order valence-electron chi connectivity index (χ1n) is 3.23. The molecule has 64 valence electrons. The van der Waals surface area contributed by atoms with Crippen molar-refractivity contribution in [3.8, 4) is 0 Å². The van der Waals surface area contributed by atoms with Gasteiger partial charge >= 0.3 is 0 Å². The average Bonchev–Trinajstić information content (AvgIpc) is 2.09. The van der Waals surface area contributed by atoms with Crippen LogP contribution >= 0.6 is 22.6 Å². The fraction of sp³-hybridized carbons (Fsp3) is 0. The van der Waals surface area contributed by atoms with Crippen molar-refractivity contribution in [2.75, 3.05) is 0 Å². The number of hydrogen-bond donors (Lipinski definition) is 3. The van der Waals surface area contributed by atoms with E-state index in [2.05, 4.69) is 27.6 Å². The number of halogens is 1. The Morgan fingerprint density at radius 2 is 2.17 bits per heavy atom. The van der Waals surface area contributed by atoms with Crippen LogP contribution in [0, 0.1) is 3.57 Å². The molecule has 1 aromatic carbocycles. The van der Waals surface area contributed by atoms with Crippen LogP contribution in [0.25, 0.3) is 0 Å². The first kappa shape index (κ1) is 9.27. The van der Waals surface area contributed by atoms with Gasteiger partial charge in [0.05, 0.1) is 5.69 Å². The van der Waals surface area contributed by atoms with Crippen LogP contribution in [-0.4, -0.2) is 11.2 Å². The molecule has 0 saturated heterocycles. The summed E-state index contributed by atoms with van der Waals surface area (Å²) in [5.74, 6) is -0.0147. The third-order valence-electron chi connectivity index (χ3n) is 1.21. The lowest BCUT2D eigenvalue weighted by Gasteiger charge is -1.99. The summed E-state index contributed by atoms with van der Waals surface area (Å²) in [7, 11) is 0. The largest absolute Gasteiger partial charge is 0.368 e. The van der Waals surface area contributed by atoms with E-state index in [0.29, 0.717) is 0 Å². The quantitative estimate of drug-likeness (QED) is 0.313. The average molecular weight is 277 g/mol. The molecule has 1 rings (SSSR count). The second-order valence-electron chi connectivity index (χ2n) is 2.06. The van der Waals surface area contributed by atoms with Crippen molar-refractivity contribution < 1.29 is 5.21 Å². The van der Waals surface area contributed by atoms with E-state index in [1.807, 2.05) is 24.3 Å². The molecule has 0 atom stereocenters. The monoisotopic (exact) mass is 277 g/mol. The van der Waals surface area contributed by atoms with Crippen molar-refractivity contribution in [2.24, 2.45) is 10.7 Å². The van der Waals surface area contributed by atoms with Crippen LogP contribution < -0.4 is 11.2 Å². The first-order chi connectivity index (χ1) is 5.74. The Morgan fingerprint density at radius 3 is 2.75 bits per heavy atom. The van der Waals surface area contributed by atoms with Gasteiger partial charge in [-0.15, -0.1) is 0 Å². The number of nitrogens with two attached hydrogens (primary N) is 1. The van der Waals surface area contributed by atoms with Gasteiger partial charge in [-0.3, -0.25) is 5.21 Å². The molecule has 4 nitrogen and oxygen atoms in total. The summed E-state index contributed by atoms with van der Waals surface area (Å²) in [5, 5.41) is 8.38. The lowest BCUT2D eigenvalue weighted by molar-refractivity contribution is 0.233. The van der Waals surface area contributed by atoms with Gasteiger partial charge in [0.1, 0.15) is 0 Å². The van der Waals surface area contributed by atoms with E-state index < -0.39 is 0 Å². The minimum atomic E-state index is -0.0147.